The normalized spacial score (nSPS) is 10.7. The molecule has 0 aliphatic carbocycles. The third-order valence-electron chi connectivity index (χ3n) is 3.23. The Morgan fingerprint density at radius 1 is 1.40 bits per heavy atom. The van der Waals surface area contributed by atoms with E-state index >= 15 is 0 Å². The highest BCUT2D eigenvalue weighted by Crippen LogP contribution is 2.31. The molecule has 0 fully saturated rings. The van der Waals surface area contributed by atoms with Crippen LogP contribution >= 0.6 is 0 Å². The fraction of sp³-hybridized carbons (Fsp3) is 0.357. The topological polar surface area (TPSA) is 79.5 Å². The fourth-order valence-electron chi connectivity index (χ4n) is 2.27. The van der Waals surface area contributed by atoms with Gasteiger partial charge in [-0.05, 0) is 31.5 Å². The monoisotopic (exact) mass is 275 g/mol. The second kappa shape index (κ2) is 6.29. The molecular formula is C14H17N3O3. The van der Waals surface area contributed by atoms with Crippen LogP contribution in [0, 0.1) is 10.1 Å². The van der Waals surface area contributed by atoms with Gasteiger partial charge in [-0.25, -0.2) is 0 Å². The number of aliphatic hydroxyl groups excluding tert-OH is 1. The van der Waals surface area contributed by atoms with E-state index in [9.17, 15) is 10.1 Å². The summed E-state index contributed by atoms with van der Waals surface area (Å²) >= 11 is 0. The summed E-state index contributed by atoms with van der Waals surface area (Å²) in [4.78, 5) is 17.0. The molecule has 2 aromatic rings. The molecule has 1 N–H and O–H groups in total. The van der Waals surface area contributed by atoms with Crippen LogP contribution in [0.5, 0.6) is 0 Å². The number of nitro groups is 1. The number of benzene rings is 1. The van der Waals surface area contributed by atoms with E-state index in [1.54, 1.807) is 24.4 Å². The van der Waals surface area contributed by atoms with Crippen molar-refractivity contribution in [3.63, 3.8) is 0 Å². The lowest BCUT2D eigenvalue weighted by Crippen LogP contribution is -2.25. The van der Waals surface area contributed by atoms with Crippen LogP contribution in [0.15, 0.2) is 30.5 Å². The number of aromatic nitrogens is 1. The van der Waals surface area contributed by atoms with Gasteiger partial charge in [-0.1, -0.05) is 0 Å². The maximum absolute atomic E-state index is 11.1. The minimum atomic E-state index is -0.391. The lowest BCUT2D eigenvalue weighted by atomic mass is 10.1. The zero-order chi connectivity index (χ0) is 14.5. The quantitative estimate of drug-likeness (QED) is 0.646. The molecule has 2 rings (SSSR count). The van der Waals surface area contributed by atoms with E-state index in [1.165, 1.54) is 6.07 Å². The Balaban J connectivity index is 2.54. The van der Waals surface area contributed by atoms with E-state index < -0.39 is 4.92 Å². The SMILES string of the molecule is CCN(CCCO)c1ccc([N+](=O)[O-])c2cccnc12. The van der Waals surface area contributed by atoms with E-state index in [2.05, 4.69) is 9.88 Å². The highest BCUT2D eigenvalue weighted by Gasteiger charge is 2.17. The molecule has 1 aromatic carbocycles. The molecular weight excluding hydrogens is 258 g/mol. The predicted octanol–water partition coefficient (Wildman–Crippen LogP) is 2.35. The highest BCUT2D eigenvalue weighted by molar-refractivity contribution is 5.97. The van der Waals surface area contributed by atoms with Gasteiger partial charge in [0.2, 0.25) is 0 Å². The lowest BCUT2D eigenvalue weighted by Gasteiger charge is -2.23. The molecule has 1 aromatic heterocycles. The van der Waals surface area contributed by atoms with Gasteiger partial charge in [0.25, 0.3) is 5.69 Å². The predicted molar refractivity (Wildman–Crippen MR) is 78.0 cm³/mol. The largest absolute Gasteiger partial charge is 0.396 e. The molecule has 0 saturated heterocycles. The molecule has 6 heteroatoms. The number of aliphatic hydroxyl groups is 1. The van der Waals surface area contributed by atoms with Gasteiger partial charge in [-0.15, -0.1) is 0 Å². The van der Waals surface area contributed by atoms with Crippen molar-refractivity contribution < 1.29 is 10.0 Å². The fourth-order valence-corrected chi connectivity index (χ4v) is 2.27. The first-order valence-corrected chi connectivity index (χ1v) is 6.57. The van der Waals surface area contributed by atoms with Gasteiger partial charge >= 0.3 is 0 Å². The van der Waals surface area contributed by atoms with Gasteiger partial charge in [0.15, 0.2) is 0 Å². The Labute approximate surface area is 116 Å². The molecule has 0 unspecified atom stereocenters. The van der Waals surface area contributed by atoms with E-state index in [4.69, 9.17) is 5.11 Å². The van der Waals surface area contributed by atoms with E-state index in [0.29, 0.717) is 23.9 Å². The summed E-state index contributed by atoms with van der Waals surface area (Å²) in [6.07, 6.45) is 2.29. The van der Waals surface area contributed by atoms with Gasteiger partial charge in [-0.2, -0.15) is 0 Å². The van der Waals surface area contributed by atoms with Gasteiger partial charge < -0.3 is 10.0 Å². The molecule has 0 spiro atoms. The third-order valence-corrected chi connectivity index (χ3v) is 3.23. The minimum absolute atomic E-state index is 0.0649. The van der Waals surface area contributed by atoms with Crippen LogP contribution in [0.25, 0.3) is 10.9 Å². The van der Waals surface area contributed by atoms with Crippen LogP contribution in [0.1, 0.15) is 13.3 Å². The first kappa shape index (κ1) is 14.2. The average Bonchev–Trinajstić information content (AvgIpc) is 2.47. The maximum atomic E-state index is 11.1. The van der Waals surface area contributed by atoms with E-state index in [-0.39, 0.29) is 12.3 Å². The van der Waals surface area contributed by atoms with Gasteiger partial charge in [-0.3, -0.25) is 15.1 Å². The number of fused-ring (bicyclic) bond motifs is 1. The van der Waals surface area contributed by atoms with Crippen molar-refractivity contribution in [1.82, 2.24) is 4.98 Å². The van der Waals surface area contributed by atoms with Gasteiger partial charge in [0, 0.05) is 32.0 Å². The molecule has 0 radical (unpaired) electrons. The van der Waals surface area contributed by atoms with Crippen LogP contribution < -0.4 is 4.90 Å². The van der Waals surface area contributed by atoms with Crippen LogP contribution in [0.3, 0.4) is 0 Å². The summed E-state index contributed by atoms with van der Waals surface area (Å²) in [6, 6.07) is 6.66. The Morgan fingerprint density at radius 3 is 2.85 bits per heavy atom. The molecule has 0 aliphatic heterocycles. The Hall–Kier alpha value is -2.21. The molecule has 0 saturated carbocycles. The number of pyridine rings is 1. The first-order valence-electron chi connectivity index (χ1n) is 6.57. The van der Waals surface area contributed by atoms with Crippen molar-refractivity contribution in [1.29, 1.82) is 0 Å². The molecule has 0 atom stereocenters. The van der Waals surface area contributed by atoms with Crippen LogP contribution in [0.4, 0.5) is 11.4 Å². The van der Waals surface area contributed by atoms with Crippen molar-refractivity contribution in [3.05, 3.63) is 40.6 Å². The minimum Gasteiger partial charge on any atom is -0.396 e. The van der Waals surface area contributed by atoms with Crippen LogP contribution in [-0.4, -0.2) is 34.7 Å². The number of hydrogen-bond acceptors (Lipinski definition) is 5. The number of anilines is 1. The summed E-state index contributed by atoms with van der Waals surface area (Å²) in [7, 11) is 0. The molecule has 1 heterocycles. The molecule has 0 aliphatic rings. The number of rotatable bonds is 6. The van der Waals surface area contributed by atoms with Crippen molar-refractivity contribution in [2.75, 3.05) is 24.6 Å². The van der Waals surface area contributed by atoms with Crippen molar-refractivity contribution in [2.24, 2.45) is 0 Å². The molecule has 20 heavy (non-hydrogen) atoms. The van der Waals surface area contributed by atoms with Crippen molar-refractivity contribution >= 4 is 22.3 Å². The summed E-state index contributed by atoms with van der Waals surface area (Å²) in [5.74, 6) is 0. The Morgan fingerprint density at radius 2 is 2.20 bits per heavy atom. The van der Waals surface area contributed by atoms with Crippen molar-refractivity contribution in [3.8, 4) is 0 Å². The van der Waals surface area contributed by atoms with E-state index in [0.717, 1.165) is 12.2 Å². The summed E-state index contributed by atoms with van der Waals surface area (Å²) in [5.41, 5.74) is 1.55. The molecule has 6 nitrogen and oxygen atoms in total. The number of hydrogen-bond donors (Lipinski definition) is 1. The van der Waals surface area contributed by atoms with Gasteiger partial charge in [0.1, 0.15) is 5.52 Å². The van der Waals surface area contributed by atoms with E-state index in [1.807, 2.05) is 6.92 Å². The standard InChI is InChI=1S/C14H17N3O3/c1-2-16(9-4-10-18)13-7-6-12(17(19)20)11-5-3-8-15-14(11)13/h3,5-8,18H,2,4,9-10H2,1H3. The maximum Gasteiger partial charge on any atom is 0.278 e. The lowest BCUT2D eigenvalue weighted by molar-refractivity contribution is -0.383. The number of nitro benzene ring substituents is 1. The smallest absolute Gasteiger partial charge is 0.278 e. The third kappa shape index (κ3) is 2.70. The molecule has 0 bridgehead atoms. The average molecular weight is 275 g/mol. The van der Waals surface area contributed by atoms with Gasteiger partial charge in [0.05, 0.1) is 16.0 Å². The summed E-state index contributed by atoms with van der Waals surface area (Å²) in [5, 5.41) is 20.6. The second-order valence-corrected chi connectivity index (χ2v) is 4.42. The summed E-state index contributed by atoms with van der Waals surface area (Å²) < 4.78 is 0. The van der Waals surface area contributed by atoms with Crippen LogP contribution in [-0.2, 0) is 0 Å². The van der Waals surface area contributed by atoms with Crippen molar-refractivity contribution in [2.45, 2.75) is 13.3 Å². The second-order valence-electron chi connectivity index (χ2n) is 4.42. The highest BCUT2D eigenvalue weighted by atomic mass is 16.6. The molecule has 0 amide bonds. The molecule has 106 valence electrons. The number of non-ortho nitro benzene ring substituents is 1. The van der Waals surface area contributed by atoms with Crippen LogP contribution in [0.2, 0.25) is 0 Å². The first-order chi connectivity index (χ1) is 9.69. The summed E-state index contributed by atoms with van der Waals surface area (Å²) in [6.45, 7) is 3.57. The zero-order valence-corrected chi connectivity index (χ0v) is 11.3. The Kier molecular flexibility index (Phi) is 4.47. The zero-order valence-electron chi connectivity index (χ0n) is 11.3. The Bertz CT molecular complexity index is 616. The number of nitrogens with zero attached hydrogens (tertiary/aromatic N) is 3.